The van der Waals surface area contributed by atoms with E-state index in [2.05, 4.69) is 5.32 Å². The van der Waals surface area contributed by atoms with Crippen LogP contribution in [0.3, 0.4) is 0 Å². The van der Waals surface area contributed by atoms with Gasteiger partial charge in [0.25, 0.3) is 0 Å². The molecule has 3 nitrogen and oxygen atoms in total. The lowest BCUT2D eigenvalue weighted by Gasteiger charge is -2.07. The number of hydrogen-bond acceptors (Lipinski definition) is 2. The summed E-state index contributed by atoms with van der Waals surface area (Å²) in [7, 11) is 0. The lowest BCUT2D eigenvalue weighted by atomic mass is 9.96. The lowest BCUT2D eigenvalue weighted by molar-refractivity contribution is -0.116. The van der Waals surface area contributed by atoms with Crippen molar-refractivity contribution in [1.29, 1.82) is 0 Å². The Hall–Kier alpha value is -1.64. The number of hydrogen-bond donors (Lipinski definition) is 1. The Morgan fingerprint density at radius 2 is 2.07 bits per heavy atom. The van der Waals surface area contributed by atoms with Crippen LogP contribution in [0, 0.1) is 12.8 Å². The smallest absolute Gasteiger partial charge is 0.225 e. The molecule has 1 aliphatic heterocycles. The van der Waals surface area contributed by atoms with E-state index >= 15 is 0 Å². The zero-order chi connectivity index (χ0) is 11.0. The molecule has 1 heterocycles. The van der Waals surface area contributed by atoms with E-state index in [4.69, 9.17) is 0 Å². The Balaban J connectivity index is 2.55. The van der Waals surface area contributed by atoms with E-state index in [1.165, 1.54) is 0 Å². The molecule has 15 heavy (non-hydrogen) atoms. The number of aryl methyl sites for hydroxylation is 1. The average molecular weight is 203 g/mol. The number of anilines is 1. The van der Waals surface area contributed by atoms with E-state index < -0.39 is 0 Å². The van der Waals surface area contributed by atoms with Gasteiger partial charge in [0.15, 0.2) is 5.78 Å². The number of carbonyl (C=O) groups is 2. The van der Waals surface area contributed by atoms with Gasteiger partial charge in [0.2, 0.25) is 5.91 Å². The molecule has 0 fully saturated rings. The SMILES string of the molecule is Cc1ccc2c(c1)C(=O)C(C)CC(=O)N2. The molecular weight excluding hydrogens is 190 g/mol. The molecule has 0 spiro atoms. The van der Waals surface area contributed by atoms with Gasteiger partial charge >= 0.3 is 0 Å². The molecule has 1 N–H and O–H groups in total. The first-order valence-electron chi connectivity index (χ1n) is 5.02. The first-order valence-corrected chi connectivity index (χ1v) is 5.02. The van der Waals surface area contributed by atoms with Crippen molar-refractivity contribution in [3.05, 3.63) is 29.3 Å². The quantitative estimate of drug-likeness (QED) is 0.702. The Kier molecular flexibility index (Phi) is 2.31. The normalized spacial score (nSPS) is 20.5. The maximum atomic E-state index is 11.9. The van der Waals surface area contributed by atoms with Gasteiger partial charge in [0.1, 0.15) is 0 Å². The minimum Gasteiger partial charge on any atom is -0.325 e. The number of ketones is 1. The van der Waals surface area contributed by atoms with E-state index in [0.717, 1.165) is 5.56 Å². The highest BCUT2D eigenvalue weighted by Crippen LogP contribution is 2.25. The zero-order valence-electron chi connectivity index (χ0n) is 8.83. The van der Waals surface area contributed by atoms with Crippen LogP contribution in [0.5, 0.6) is 0 Å². The van der Waals surface area contributed by atoms with E-state index in [1.807, 2.05) is 19.1 Å². The second kappa shape index (κ2) is 3.50. The zero-order valence-corrected chi connectivity index (χ0v) is 8.83. The fourth-order valence-electron chi connectivity index (χ4n) is 1.81. The predicted molar refractivity (Wildman–Crippen MR) is 57.9 cm³/mol. The number of benzene rings is 1. The summed E-state index contributed by atoms with van der Waals surface area (Å²) in [4.78, 5) is 23.4. The van der Waals surface area contributed by atoms with Crippen LogP contribution < -0.4 is 5.32 Å². The van der Waals surface area contributed by atoms with Crippen molar-refractivity contribution in [2.24, 2.45) is 5.92 Å². The summed E-state index contributed by atoms with van der Waals surface area (Å²) in [5.41, 5.74) is 2.30. The Morgan fingerprint density at radius 1 is 1.33 bits per heavy atom. The second-order valence-electron chi connectivity index (χ2n) is 4.07. The van der Waals surface area contributed by atoms with Crippen LogP contribution in [0.25, 0.3) is 0 Å². The van der Waals surface area contributed by atoms with E-state index in [-0.39, 0.29) is 24.0 Å². The number of Topliss-reactive ketones (excluding diaryl/α,β-unsaturated/α-hetero) is 1. The molecule has 0 saturated heterocycles. The number of rotatable bonds is 0. The van der Waals surface area contributed by atoms with Crippen LogP contribution in [-0.2, 0) is 4.79 Å². The van der Waals surface area contributed by atoms with Gasteiger partial charge in [0.05, 0.1) is 5.69 Å². The highest BCUT2D eigenvalue weighted by atomic mass is 16.2. The third-order valence-corrected chi connectivity index (χ3v) is 2.65. The summed E-state index contributed by atoms with van der Waals surface area (Å²) in [6, 6.07) is 5.51. The van der Waals surface area contributed by atoms with E-state index in [9.17, 15) is 9.59 Å². The van der Waals surface area contributed by atoms with Crippen LogP contribution in [0.4, 0.5) is 5.69 Å². The maximum absolute atomic E-state index is 11.9. The molecule has 1 aliphatic rings. The molecule has 0 aromatic heterocycles. The molecule has 0 saturated carbocycles. The van der Waals surface area contributed by atoms with Crippen LogP contribution in [0.15, 0.2) is 18.2 Å². The summed E-state index contributed by atoms with van der Waals surface area (Å²) >= 11 is 0. The van der Waals surface area contributed by atoms with Gasteiger partial charge in [-0.05, 0) is 19.1 Å². The largest absolute Gasteiger partial charge is 0.325 e. The van der Waals surface area contributed by atoms with Gasteiger partial charge in [-0.3, -0.25) is 9.59 Å². The van der Waals surface area contributed by atoms with Gasteiger partial charge in [0, 0.05) is 17.9 Å². The first kappa shape index (κ1) is 9.90. The van der Waals surface area contributed by atoms with Crippen LogP contribution >= 0.6 is 0 Å². The minimum atomic E-state index is -0.229. The van der Waals surface area contributed by atoms with Crippen molar-refractivity contribution < 1.29 is 9.59 Å². The molecule has 0 aliphatic carbocycles. The van der Waals surface area contributed by atoms with Crippen molar-refractivity contribution >= 4 is 17.4 Å². The first-order chi connectivity index (χ1) is 7.08. The number of nitrogens with one attached hydrogen (secondary N) is 1. The minimum absolute atomic E-state index is 0.0482. The number of fused-ring (bicyclic) bond motifs is 1. The lowest BCUT2D eigenvalue weighted by Crippen LogP contribution is -2.14. The Labute approximate surface area is 88.5 Å². The molecule has 1 unspecified atom stereocenters. The monoisotopic (exact) mass is 203 g/mol. The summed E-state index contributed by atoms with van der Waals surface area (Å²) in [5, 5.41) is 2.75. The van der Waals surface area contributed by atoms with Crippen molar-refractivity contribution in [1.82, 2.24) is 0 Å². The van der Waals surface area contributed by atoms with Gasteiger partial charge in [-0.25, -0.2) is 0 Å². The maximum Gasteiger partial charge on any atom is 0.225 e. The molecule has 2 rings (SSSR count). The summed E-state index contributed by atoms with van der Waals surface area (Å²) in [5.74, 6) is -0.265. The highest BCUT2D eigenvalue weighted by molar-refractivity contribution is 6.10. The van der Waals surface area contributed by atoms with E-state index in [1.54, 1.807) is 13.0 Å². The molecule has 0 bridgehead atoms. The third kappa shape index (κ3) is 1.77. The van der Waals surface area contributed by atoms with Crippen molar-refractivity contribution in [3.8, 4) is 0 Å². The molecular formula is C12H13NO2. The Bertz CT molecular complexity index is 437. The summed E-state index contributed by atoms with van der Waals surface area (Å²) in [6.45, 7) is 3.73. The molecule has 1 aromatic rings. The Morgan fingerprint density at radius 3 is 2.80 bits per heavy atom. The topological polar surface area (TPSA) is 46.2 Å². The highest BCUT2D eigenvalue weighted by Gasteiger charge is 2.25. The molecule has 1 atom stereocenters. The van der Waals surface area contributed by atoms with Crippen molar-refractivity contribution in [2.45, 2.75) is 20.3 Å². The number of amides is 1. The van der Waals surface area contributed by atoms with Crippen LogP contribution in [-0.4, -0.2) is 11.7 Å². The molecule has 78 valence electrons. The van der Waals surface area contributed by atoms with Gasteiger partial charge < -0.3 is 5.32 Å². The molecule has 0 radical (unpaired) electrons. The standard InChI is InChI=1S/C12H13NO2/c1-7-3-4-10-9(5-7)12(15)8(2)6-11(14)13-10/h3-5,8H,6H2,1-2H3,(H,13,14). The fraction of sp³-hybridized carbons (Fsp3) is 0.333. The molecule has 3 heteroatoms. The van der Waals surface area contributed by atoms with Gasteiger partial charge in [-0.15, -0.1) is 0 Å². The van der Waals surface area contributed by atoms with Crippen LogP contribution in [0.2, 0.25) is 0 Å². The van der Waals surface area contributed by atoms with E-state index in [0.29, 0.717) is 11.3 Å². The molecule has 1 amide bonds. The molecule has 1 aromatic carbocycles. The number of carbonyl (C=O) groups excluding carboxylic acids is 2. The summed E-state index contributed by atoms with van der Waals surface area (Å²) in [6.07, 6.45) is 0.270. The van der Waals surface area contributed by atoms with Crippen molar-refractivity contribution in [3.63, 3.8) is 0 Å². The van der Waals surface area contributed by atoms with Crippen LogP contribution in [0.1, 0.15) is 29.3 Å². The average Bonchev–Trinajstić information content (AvgIpc) is 2.27. The third-order valence-electron chi connectivity index (χ3n) is 2.65. The second-order valence-corrected chi connectivity index (χ2v) is 4.07. The fourth-order valence-corrected chi connectivity index (χ4v) is 1.81. The van der Waals surface area contributed by atoms with Gasteiger partial charge in [-0.1, -0.05) is 18.6 Å². The predicted octanol–water partition coefficient (Wildman–Crippen LogP) is 2.16. The van der Waals surface area contributed by atoms with Gasteiger partial charge in [-0.2, -0.15) is 0 Å². The van der Waals surface area contributed by atoms with Crippen molar-refractivity contribution in [2.75, 3.05) is 5.32 Å². The summed E-state index contributed by atoms with van der Waals surface area (Å²) < 4.78 is 0.